The Bertz CT molecular complexity index is 829. The zero-order valence-corrected chi connectivity index (χ0v) is 16.0. The molecule has 8 heteroatoms. The molecule has 1 saturated carbocycles. The molecule has 1 aromatic carbocycles. The number of benzene rings is 1. The van der Waals surface area contributed by atoms with Crippen LogP contribution in [0.2, 0.25) is 0 Å². The Morgan fingerprint density at radius 1 is 1.19 bits per heavy atom. The number of aliphatic hydroxyl groups is 1. The molecule has 144 valence electrons. The number of aromatic nitrogens is 2. The van der Waals surface area contributed by atoms with Gasteiger partial charge >= 0.3 is 0 Å². The van der Waals surface area contributed by atoms with Gasteiger partial charge in [0.15, 0.2) is 11.5 Å². The highest BCUT2D eigenvalue weighted by Gasteiger charge is 2.42. The van der Waals surface area contributed by atoms with E-state index < -0.39 is 6.10 Å². The lowest BCUT2D eigenvalue weighted by atomic mass is 9.78. The summed E-state index contributed by atoms with van der Waals surface area (Å²) >= 11 is 1.66. The predicted molar refractivity (Wildman–Crippen MR) is 99.1 cm³/mol. The minimum Gasteiger partial charge on any atom is -0.488 e. The Balaban J connectivity index is 1.22. The number of aryl methyl sites for hydroxylation is 1. The summed E-state index contributed by atoms with van der Waals surface area (Å²) in [5.41, 5.74) is 0. The predicted octanol–water partition coefficient (Wildman–Crippen LogP) is 2.23. The highest BCUT2D eigenvalue weighted by Crippen LogP contribution is 2.40. The fraction of sp³-hybridized carbons (Fsp3) is 0.579. The summed E-state index contributed by atoms with van der Waals surface area (Å²) < 4.78 is 16.9. The lowest BCUT2D eigenvalue weighted by molar-refractivity contribution is -0.0232. The van der Waals surface area contributed by atoms with E-state index in [0.717, 1.165) is 54.0 Å². The molecule has 0 unspecified atom stereocenters. The molecule has 0 bridgehead atoms. The molecule has 1 saturated heterocycles. The van der Waals surface area contributed by atoms with Gasteiger partial charge in [-0.3, -0.25) is 4.90 Å². The van der Waals surface area contributed by atoms with Crippen molar-refractivity contribution in [2.45, 2.75) is 38.5 Å². The smallest absolute Gasteiger partial charge is 0.231 e. The van der Waals surface area contributed by atoms with Gasteiger partial charge in [-0.1, -0.05) is 0 Å². The molecule has 3 heterocycles. The Kier molecular flexibility index (Phi) is 4.41. The number of rotatable bonds is 4. The van der Waals surface area contributed by atoms with Crippen LogP contribution in [-0.2, 0) is 6.54 Å². The van der Waals surface area contributed by atoms with E-state index in [2.05, 4.69) is 15.1 Å². The van der Waals surface area contributed by atoms with E-state index in [4.69, 9.17) is 14.2 Å². The summed E-state index contributed by atoms with van der Waals surface area (Å²) in [6.45, 7) is 5.12. The number of hydrogen-bond donors (Lipinski definition) is 1. The fourth-order valence-corrected chi connectivity index (χ4v) is 5.21. The van der Waals surface area contributed by atoms with Crippen LogP contribution in [0.15, 0.2) is 18.2 Å². The van der Waals surface area contributed by atoms with Gasteiger partial charge in [0.25, 0.3) is 0 Å². The maximum Gasteiger partial charge on any atom is 0.231 e. The summed E-state index contributed by atoms with van der Waals surface area (Å²) in [7, 11) is 0. The second-order valence-corrected chi connectivity index (χ2v) is 8.91. The van der Waals surface area contributed by atoms with Crippen LogP contribution in [0.3, 0.4) is 0 Å². The van der Waals surface area contributed by atoms with E-state index >= 15 is 0 Å². The van der Waals surface area contributed by atoms with Gasteiger partial charge < -0.3 is 19.3 Å². The van der Waals surface area contributed by atoms with Crippen molar-refractivity contribution in [3.05, 3.63) is 28.2 Å². The minimum atomic E-state index is -0.444. The molecule has 3 aliphatic rings. The number of nitrogens with zero attached hydrogens (tertiary/aromatic N) is 3. The number of aliphatic hydroxyl groups excluding tert-OH is 1. The zero-order valence-electron chi connectivity index (χ0n) is 15.2. The van der Waals surface area contributed by atoms with Crippen LogP contribution in [0.25, 0.3) is 0 Å². The molecule has 0 spiro atoms. The molecule has 1 N–H and O–H groups in total. The minimum absolute atomic E-state index is 0.185. The Labute approximate surface area is 161 Å². The molecule has 1 aliphatic carbocycles. The first-order valence-corrected chi connectivity index (χ1v) is 10.2. The summed E-state index contributed by atoms with van der Waals surface area (Å²) in [5, 5.41) is 21.1. The van der Waals surface area contributed by atoms with Gasteiger partial charge in [-0.2, -0.15) is 0 Å². The van der Waals surface area contributed by atoms with E-state index in [9.17, 15) is 5.11 Å². The molecular formula is C19H23N3O4S. The largest absolute Gasteiger partial charge is 0.488 e. The van der Waals surface area contributed by atoms with Crippen LogP contribution >= 0.6 is 11.3 Å². The van der Waals surface area contributed by atoms with Crippen molar-refractivity contribution in [3.63, 3.8) is 0 Å². The number of hydrogen-bond acceptors (Lipinski definition) is 8. The van der Waals surface area contributed by atoms with Crippen LogP contribution in [0.1, 0.15) is 22.9 Å². The second-order valence-electron chi connectivity index (χ2n) is 7.64. The SMILES string of the molecule is Cc1nnc(CN2C[C@H]3C[C@@H](Oc4ccc5c(c4)OCO5)[C@H](O)C[C@H]3C2)s1. The van der Waals surface area contributed by atoms with Crippen LogP contribution in [0, 0.1) is 18.8 Å². The third kappa shape index (κ3) is 3.49. The number of ether oxygens (including phenoxy) is 3. The van der Waals surface area contributed by atoms with Crippen LogP contribution < -0.4 is 14.2 Å². The lowest BCUT2D eigenvalue weighted by Crippen LogP contribution is -2.42. The normalized spacial score (nSPS) is 29.7. The van der Waals surface area contributed by atoms with Crippen LogP contribution in [0.4, 0.5) is 0 Å². The first kappa shape index (κ1) is 17.2. The van der Waals surface area contributed by atoms with E-state index in [-0.39, 0.29) is 12.9 Å². The van der Waals surface area contributed by atoms with Crippen molar-refractivity contribution in [3.8, 4) is 17.2 Å². The average Bonchev–Trinajstić information content (AvgIpc) is 3.35. The number of fused-ring (bicyclic) bond motifs is 2. The van der Waals surface area contributed by atoms with Crippen LogP contribution in [-0.4, -0.2) is 52.3 Å². The molecule has 27 heavy (non-hydrogen) atoms. The topological polar surface area (TPSA) is 76.9 Å². The van der Waals surface area contributed by atoms with Crippen molar-refractivity contribution in [2.75, 3.05) is 19.9 Å². The van der Waals surface area contributed by atoms with Crippen molar-refractivity contribution in [1.82, 2.24) is 15.1 Å². The molecule has 2 fully saturated rings. The monoisotopic (exact) mass is 389 g/mol. The Morgan fingerprint density at radius 3 is 2.81 bits per heavy atom. The Morgan fingerprint density at radius 2 is 2.00 bits per heavy atom. The lowest BCUT2D eigenvalue weighted by Gasteiger charge is -2.35. The third-order valence-corrected chi connectivity index (χ3v) is 6.54. The molecule has 1 aromatic heterocycles. The fourth-order valence-electron chi connectivity index (χ4n) is 4.46. The molecule has 5 rings (SSSR count). The van der Waals surface area contributed by atoms with Crippen molar-refractivity contribution in [2.24, 2.45) is 11.8 Å². The van der Waals surface area contributed by atoms with Crippen molar-refractivity contribution < 1.29 is 19.3 Å². The molecule has 4 atom stereocenters. The van der Waals surface area contributed by atoms with E-state index in [0.29, 0.717) is 17.6 Å². The quantitative estimate of drug-likeness (QED) is 0.859. The third-order valence-electron chi connectivity index (χ3n) is 5.72. The Hall–Kier alpha value is -1.90. The van der Waals surface area contributed by atoms with Gasteiger partial charge in [0.1, 0.15) is 21.9 Å². The van der Waals surface area contributed by atoms with Gasteiger partial charge in [0.2, 0.25) is 6.79 Å². The molecule has 2 aliphatic heterocycles. The van der Waals surface area contributed by atoms with Crippen molar-refractivity contribution in [1.29, 1.82) is 0 Å². The van der Waals surface area contributed by atoms with E-state index in [1.807, 2.05) is 25.1 Å². The first-order valence-electron chi connectivity index (χ1n) is 9.40. The van der Waals surface area contributed by atoms with Gasteiger partial charge in [0.05, 0.1) is 12.6 Å². The first-order chi connectivity index (χ1) is 13.1. The van der Waals surface area contributed by atoms with Crippen molar-refractivity contribution >= 4 is 11.3 Å². The maximum absolute atomic E-state index is 10.6. The summed E-state index contributed by atoms with van der Waals surface area (Å²) in [6, 6.07) is 5.59. The molecule has 7 nitrogen and oxygen atoms in total. The highest BCUT2D eigenvalue weighted by molar-refractivity contribution is 7.11. The van der Waals surface area contributed by atoms with Crippen LogP contribution in [0.5, 0.6) is 17.2 Å². The zero-order chi connectivity index (χ0) is 18.4. The summed E-state index contributed by atoms with van der Waals surface area (Å²) in [4.78, 5) is 2.44. The second kappa shape index (κ2) is 6.92. The molecule has 0 radical (unpaired) electrons. The summed E-state index contributed by atoms with van der Waals surface area (Å²) in [6.07, 6.45) is 1.02. The highest BCUT2D eigenvalue weighted by atomic mass is 32.1. The average molecular weight is 389 g/mol. The molecule has 2 aromatic rings. The van der Waals surface area contributed by atoms with E-state index in [1.54, 1.807) is 11.3 Å². The molecule has 0 amide bonds. The van der Waals surface area contributed by atoms with E-state index in [1.165, 1.54) is 0 Å². The standard InChI is InChI=1S/C19H23N3O4S/c1-11-20-21-19(27-11)9-22-7-12-4-15(23)17(5-13(12)8-22)26-14-2-3-16-18(6-14)25-10-24-16/h2-3,6,12-13,15,17,23H,4-5,7-10H2,1H3/t12-,13+,15+,17+/m0/s1. The number of likely N-dealkylation sites (tertiary alicyclic amines) is 1. The maximum atomic E-state index is 10.6. The van der Waals surface area contributed by atoms with Gasteiger partial charge in [-0.05, 0) is 43.7 Å². The van der Waals surface area contributed by atoms with Gasteiger partial charge in [0, 0.05) is 19.2 Å². The summed E-state index contributed by atoms with van der Waals surface area (Å²) in [5.74, 6) is 3.23. The van der Waals surface area contributed by atoms with Gasteiger partial charge in [-0.15, -0.1) is 21.5 Å². The molecular weight excluding hydrogens is 366 g/mol. The van der Waals surface area contributed by atoms with Gasteiger partial charge in [-0.25, -0.2) is 0 Å².